The molecule has 0 saturated heterocycles. The van der Waals surface area contributed by atoms with E-state index in [2.05, 4.69) is 4.72 Å². The van der Waals surface area contributed by atoms with E-state index >= 15 is 0 Å². The fourth-order valence-corrected chi connectivity index (χ4v) is 3.45. The van der Waals surface area contributed by atoms with Gasteiger partial charge in [0, 0.05) is 17.2 Å². The average Bonchev–Trinajstić information content (AvgIpc) is 2.60. The van der Waals surface area contributed by atoms with Gasteiger partial charge in [-0.2, -0.15) is 0 Å². The van der Waals surface area contributed by atoms with Crippen LogP contribution in [0, 0.1) is 0 Å². The normalized spacial score (nSPS) is 10.9. The summed E-state index contributed by atoms with van der Waals surface area (Å²) in [6.07, 6.45) is 0. The van der Waals surface area contributed by atoms with E-state index in [0.717, 1.165) is 0 Å². The van der Waals surface area contributed by atoms with Crippen LogP contribution >= 0.6 is 11.6 Å². The van der Waals surface area contributed by atoms with E-state index in [0.29, 0.717) is 0 Å². The van der Waals surface area contributed by atoms with Crippen molar-refractivity contribution in [1.29, 1.82) is 0 Å². The Morgan fingerprint density at radius 2 is 1.68 bits per heavy atom. The molecule has 2 rings (SSSR count). The zero-order valence-corrected chi connectivity index (χ0v) is 15.3. The molecule has 0 aromatic heterocycles. The quantitative estimate of drug-likeness (QED) is 0.769. The van der Waals surface area contributed by atoms with Crippen molar-refractivity contribution in [2.24, 2.45) is 0 Å². The number of carbonyl (C=O) groups is 1. The lowest BCUT2D eigenvalue weighted by atomic mass is 10.1. The molecule has 0 fully saturated rings. The summed E-state index contributed by atoms with van der Waals surface area (Å²) < 4.78 is 42.5. The average molecular weight is 386 g/mol. The Kier molecular flexibility index (Phi) is 5.76. The molecule has 0 heterocycles. The van der Waals surface area contributed by atoms with E-state index in [1.54, 1.807) is 6.07 Å². The number of ether oxygens (including phenoxy) is 3. The van der Waals surface area contributed by atoms with Crippen molar-refractivity contribution in [2.45, 2.75) is 4.90 Å². The Morgan fingerprint density at radius 1 is 1.04 bits per heavy atom. The maximum Gasteiger partial charge on any atom is 0.340 e. The van der Waals surface area contributed by atoms with Crippen LogP contribution in [0.3, 0.4) is 0 Å². The van der Waals surface area contributed by atoms with Crippen molar-refractivity contribution in [3.8, 4) is 11.5 Å². The van der Waals surface area contributed by atoms with E-state index < -0.39 is 16.0 Å². The van der Waals surface area contributed by atoms with Gasteiger partial charge in [-0.25, -0.2) is 13.2 Å². The maximum absolute atomic E-state index is 12.6. The summed E-state index contributed by atoms with van der Waals surface area (Å²) in [4.78, 5) is 12.0. The van der Waals surface area contributed by atoms with Crippen molar-refractivity contribution in [1.82, 2.24) is 0 Å². The third-order valence-corrected chi connectivity index (χ3v) is 4.88. The van der Waals surface area contributed by atoms with Gasteiger partial charge in [0.1, 0.15) is 0 Å². The highest BCUT2D eigenvalue weighted by Gasteiger charge is 2.22. The molecule has 0 unspecified atom stereocenters. The first-order valence-corrected chi connectivity index (χ1v) is 8.81. The molecule has 1 N–H and O–H groups in total. The minimum absolute atomic E-state index is 0.00974. The molecule has 2 aromatic carbocycles. The molecule has 9 heteroatoms. The summed E-state index contributed by atoms with van der Waals surface area (Å²) in [7, 11) is -0.00312. The summed E-state index contributed by atoms with van der Waals surface area (Å²) >= 11 is 5.84. The third-order valence-electron chi connectivity index (χ3n) is 3.28. The number of hydrogen-bond donors (Lipinski definition) is 1. The van der Waals surface area contributed by atoms with Crippen molar-refractivity contribution in [3.63, 3.8) is 0 Å². The molecule has 2 aromatic rings. The standard InChI is InChI=1S/C16H16ClNO6S/c1-22-14-8-12(16(19)24-3)13(9-15(14)23-2)18-25(20,21)11-6-4-5-10(17)7-11/h4-9,18H,1-3H3. The van der Waals surface area contributed by atoms with Gasteiger partial charge in [0.05, 0.1) is 37.5 Å². The molecule has 0 atom stereocenters. The number of benzene rings is 2. The number of anilines is 1. The zero-order valence-electron chi connectivity index (χ0n) is 13.7. The lowest BCUT2D eigenvalue weighted by Gasteiger charge is -2.15. The van der Waals surface area contributed by atoms with Gasteiger partial charge in [0.25, 0.3) is 10.0 Å². The van der Waals surface area contributed by atoms with Gasteiger partial charge < -0.3 is 14.2 Å². The van der Waals surface area contributed by atoms with Crippen LogP contribution in [0.2, 0.25) is 5.02 Å². The van der Waals surface area contributed by atoms with E-state index in [-0.39, 0.29) is 32.7 Å². The Morgan fingerprint density at radius 3 is 2.24 bits per heavy atom. The first-order chi connectivity index (χ1) is 11.8. The molecule has 25 heavy (non-hydrogen) atoms. The SMILES string of the molecule is COC(=O)c1cc(OC)c(OC)cc1NS(=O)(=O)c1cccc(Cl)c1. The van der Waals surface area contributed by atoms with Crippen LogP contribution in [0.1, 0.15) is 10.4 Å². The second-order valence-electron chi connectivity index (χ2n) is 4.81. The lowest BCUT2D eigenvalue weighted by Crippen LogP contribution is -2.16. The lowest BCUT2D eigenvalue weighted by molar-refractivity contribution is 0.0601. The van der Waals surface area contributed by atoms with Crippen LogP contribution in [-0.4, -0.2) is 35.7 Å². The summed E-state index contributed by atoms with van der Waals surface area (Å²) in [5, 5.41) is 0.267. The Balaban J connectivity index is 2.55. The van der Waals surface area contributed by atoms with Gasteiger partial charge in [-0.3, -0.25) is 4.72 Å². The highest BCUT2D eigenvalue weighted by molar-refractivity contribution is 7.92. The molecule has 7 nitrogen and oxygen atoms in total. The maximum atomic E-state index is 12.6. The Hall–Kier alpha value is -2.45. The molecular formula is C16H16ClNO6S. The third kappa shape index (κ3) is 4.15. The van der Waals surface area contributed by atoms with Crippen molar-refractivity contribution >= 4 is 33.3 Å². The van der Waals surface area contributed by atoms with Crippen LogP contribution in [0.25, 0.3) is 0 Å². The van der Waals surface area contributed by atoms with E-state index in [1.165, 1.54) is 51.7 Å². The number of halogens is 1. The van der Waals surface area contributed by atoms with Crippen LogP contribution < -0.4 is 14.2 Å². The Labute approximate surface area is 150 Å². The minimum Gasteiger partial charge on any atom is -0.493 e. The molecule has 0 spiro atoms. The minimum atomic E-state index is -3.98. The number of carbonyl (C=O) groups excluding carboxylic acids is 1. The highest BCUT2D eigenvalue weighted by Crippen LogP contribution is 2.34. The fourth-order valence-electron chi connectivity index (χ4n) is 2.08. The molecule has 0 radical (unpaired) electrons. The number of rotatable bonds is 6. The number of sulfonamides is 1. The predicted octanol–water partition coefficient (Wildman–Crippen LogP) is 2.94. The van der Waals surface area contributed by atoms with E-state index in [4.69, 9.17) is 25.8 Å². The zero-order chi connectivity index (χ0) is 18.6. The number of nitrogens with one attached hydrogen (secondary N) is 1. The second kappa shape index (κ2) is 7.62. The van der Waals surface area contributed by atoms with Gasteiger partial charge in [-0.05, 0) is 18.2 Å². The predicted molar refractivity (Wildman–Crippen MR) is 93.1 cm³/mol. The molecule has 134 valence electrons. The van der Waals surface area contributed by atoms with Gasteiger partial charge in [0.2, 0.25) is 0 Å². The van der Waals surface area contributed by atoms with Crippen LogP contribution in [0.5, 0.6) is 11.5 Å². The summed E-state index contributed by atoms with van der Waals surface area (Å²) in [5.41, 5.74) is -0.0322. The second-order valence-corrected chi connectivity index (χ2v) is 6.93. The first kappa shape index (κ1) is 18.9. The molecule has 0 aliphatic heterocycles. The van der Waals surface area contributed by atoms with Gasteiger partial charge >= 0.3 is 5.97 Å². The molecule has 0 bridgehead atoms. The number of methoxy groups -OCH3 is 3. The Bertz CT molecular complexity index is 897. The van der Waals surface area contributed by atoms with Crippen molar-refractivity contribution in [3.05, 3.63) is 47.0 Å². The highest BCUT2D eigenvalue weighted by atomic mass is 35.5. The monoisotopic (exact) mass is 385 g/mol. The smallest absolute Gasteiger partial charge is 0.340 e. The fraction of sp³-hybridized carbons (Fsp3) is 0.188. The summed E-state index contributed by atoms with van der Waals surface area (Å²) in [5.74, 6) is -0.225. The van der Waals surface area contributed by atoms with Crippen molar-refractivity contribution in [2.75, 3.05) is 26.1 Å². The summed E-state index contributed by atoms with van der Waals surface area (Å²) in [6.45, 7) is 0. The molecule has 0 aliphatic carbocycles. The summed E-state index contributed by atoms with van der Waals surface area (Å²) in [6, 6.07) is 8.41. The first-order valence-electron chi connectivity index (χ1n) is 6.95. The molecule has 0 aliphatic rings. The largest absolute Gasteiger partial charge is 0.493 e. The van der Waals surface area contributed by atoms with Crippen LogP contribution in [0.4, 0.5) is 5.69 Å². The van der Waals surface area contributed by atoms with Gasteiger partial charge in [0.15, 0.2) is 11.5 Å². The molecule has 0 saturated carbocycles. The van der Waals surface area contributed by atoms with E-state index in [9.17, 15) is 13.2 Å². The van der Waals surface area contributed by atoms with E-state index in [1.807, 2.05) is 0 Å². The van der Waals surface area contributed by atoms with Crippen molar-refractivity contribution < 1.29 is 27.4 Å². The molecular weight excluding hydrogens is 370 g/mol. The topological polar surface area (TPSA) is 90.9 Å². The van der Waals surface area contributed by atoms with Crippen LogP contribution in [-0.2, 0) is 14.8 Å². The van der Waals surface area contributed by atoms with Crippen LogP contribution in [0.15, 0.2) is 41.3 Å². The van der Waals surface area contributed by atoms with Gasteiger partial charge in [-0.15, -0.1) is 0 Å². The molecule has 0 amide bonds. The van der Waals surface area contributed by atoms with Gasteiger partial charge in [-0.1, -0.05) is 17.7 Å². The number of hydrogen-bond acceptors (Lipinski definition) is 6. The number of esters is 1.